The minimum atomic E-state index is -0.502. The van der Waals surface area contributed by atoms with Crippen LogP contribution >= 0.6 is 11.3 Å². The van der Waals surface area contributed by atoms with E-state index in [1.807, 2.05) is 24.8 Å². The summed E-state index contributed by atoms with van der Waals surface area (Å²) in [6.45, 7) is 6.02. The Bertz CT molecular complexity index is 818. The highest BCUT2D eigenvalue weighted by molar-refractivity contribution is 7.10. The Morgan fingerprint density at radius 1 is 1.25 bits per heavy atom. The maximum atomic E-state index is 13.1. The number of rotatable bonds is 8. The number of nitrogens with zero attached hydrogens (tertiary/aromatic N) is 1. The van der Waals surface area contributed by atoms with Crippen molar-refractivity contribution in [3.05, 3.63) is 51.7 Å². The first-order valence-corrected chi connectivity index (χ1v) is 10.9. The Morgan fingerprint density at radius 3 is 2.89 bits per heavy atom. The van der Waals surface area contributed by atoms with Gasteiger partial charge in [0.25, 0.3) is 5.91 Å². The molecule has 1 aromatic heterocycles. The molecule has 2 heterocycles. The maximum absolute atomic E-state index is 13.1. The number of amides is 2. The molecule has 3 rings (SSSR count). The van der Waals surface area contributed by atoms with Gasteiger partial charge in [0.2, 0.25) is 5.91 Å². The van der Waals surface area contributed by atoms with Crippen LogP contribution in [0.25, 0.3) is 0 Å². The van der Waals surface area contributed by atoms with Crippen LogP contribution in [0, 0.1) is 0 Å². The number of hydrogen-bond acceptors (Lipinski definition) is 4. The molecule has 0 saturated heterocycles. The van der Waals surface area contributed by atoms with E-state index in [-0.39, 0.29) is 11.8 Å². The van der Waals surface area contributed by atoms with E-state index in [9.17, 15) is 9.59 Å². The van der Waals surface area contributed by atoms with Gasteiger partial charge < -0.3 is 15.0 Å². The number of hydrogen-bond donors (Lipinski definition) is 1. The Morgan fingerprint density at radius 2 is 2.11 bits per heavy atom. The molecular formula is C22H28N2O3S. The summed E-state index contributed by atoms with van der Waals surface area (Å²) in [6.07, 6.45) is 3.25. The molecule has 28 heavy (non-hydrogen) atoms. The first kappa shape index (κ1) is 20.4. The van der Waals surface area contributed by atoms with Crippen molar-refractivity contribution in [3.63, 3.8) is 0 Å². The molecule has 1 N–H and O–H groups in total. The number of nitrogens with one attached hydrogen (secondary N) is 1. The molecule has 1 unspecified atom stereocenters. The molecular weight excluding hydrogens is 372 g/mol. The largest absolute Gasteiger partial charge is 0.494 e. The first-order chi connectivity index (χ1) is 13.6. The van der Waals surface area contributed by atoms with Crippen LogP contribution in [0.1, 0.15) is 53.9 Å². The molecule has 2 amide bonds. The Balaban J connectivity index is 1.67. The zero-order valence-electron chi connectivity index (χ0n) is 16.6. The van der Waals surface area contributed by atoms with Gasteiger partial charge in [-0.1, -0.05) is 26.3 Å². The van der Waals surface area contributed by atoms with Crippen LogP contribution in [-0.4, -0.2) is 35.9 Å². The summed E-state index contributed by atoms with van der Waals surface area (Å²) >= 11 is 1.75. The molecule has 1 atom stereocenters. The lowest BCUT2D eigenvalue weighted by atomic mass is 10.1. The van der Waals surface area contributed by atoms with Crippen LogP contribution in [-0.2, 0) is 17.8 Å². The van der Waals surface area contributed by atoms with E-state index in [1.165, 1.54) is 10.4 Å². The van der Waals surface area contributed by atoms with Crippen molar-refractivity contribution in [1.82, 2.24) is 10.2 Å². The first-order valence-electron chi connectivity index (χ1n) is 10.00. The zero-order chi connectivity index (χ0) is 19.9. The lowest BCUT2D eigenvalue weighted by Crippen LogP contribution is -2.49. The van der Waals surface area contributed by atoms with Gasteiger partial charge in [0.05, 0.1) is 6.61 Å². The van der Waals surface area contributed by atoms with E-state index in [0.29, 0.717) is 37.4 Å². The number of ether oxygens (including phenoxy) is 1. The van der Waals surface area contributed by atoms with Crippen molar-refractivity contribution in [1.29, 1.82) is 0 Å². The Kier molecular flexibility index (Phi) is 7.09. The number of carbonyl (C=O) groups is 2. The fraction of sp³-hybridized carbons (Fsp3) is 0.455. The van der Waals surface area contributed by atoms with Crippen LogP contribution < -0.4 is 10.1 Å². The van der Waals surface area contributed by atoms with Gasteiger partial charge in [0.15, 0.2) is 0 Å². The lowest BCUT2D eigenvalue weighted by molar-refractivity contribution is -0.134. The number of benzene rings is 1. The molecule has 2 aromatic rings. The molecule has 0 spiro atoms. The second-order valence-corrected chi connectivity index (χ2v) is 8.07. The molecule has 0 aliphatic carbocycles. The summed E-state index contributed by atoms with van der Waals surface area (Å²) in [4.78, 5) is 29.1. The summed E-state index contributed by atoms with van der Waals surface area (Å²) < 4.78 is 5.61. The van der Waals surface area contributed by atoms with Crippen molar-refractivity contribution < 1.29 is 14.3 Å². The molecule has 150 valence electrons. The normalized spacial score (nSPS) is 14.3. The minimum Gasteiger partial charge on any atom is -0.494 e. The molecule has 5 nitrogen and oxygen atoms in total. The fourth-order valence-corrected chi connectivity index (χ4v) is 4.28. The van der Waals surface area contributed by atoms with Gasteiger partial charge in [-0.25, -0.2) is 0 Å². The van der Waals surface area contributed by atoms with Gasteiger partial charge in [0, 0.05) is 23.5 Å². The number of fused-ring (bicyclic) bond motifs is 1. The maximum Gasteiger partial charge on any atom is 0.252 e. The van der Waals surface area contributed by atoms with Crippen molar-refractivity contribution in [2.75, 3.05) is 13.2 Å². The number of carbonyl (C=O) groups excluding carboxylic acids is 2. The summed E-state index contributed by atoms with van der Waals surface area (Å²) in [5, 5.41) is 5.03. The van der Waals surface area contributed by atoms with Crippen LogP contribution in [0.3, 0.4) is 0 Å². The molecule has 0 fully saturated rings. The van der Waals surface area contributed by atoms with Gasteiger partial charge in [-0.05, 0) is 54.5 Å². The van der Waals surface area contributed by atoms with Crippen molar-refractivity contribution in [3.8, 4) is 5.75 Å². The third-order valence-corrected chi connectivity index (χ3v) is 5.89. The summed E-state index contributed by atoms with van der Waals surface area (Å²) in [7, 11) is 0. The highest BCUT2D eigenvalue weighted by Gasteiger charge is 2.28. The van der Waals surface area contributed by atoms with Crippen LogP contribution in [0.4, 0.5) is 0 Å². The summed E-state index contributed by atoms with van der Waals surface area (Å²) in [5.74, 6) is 0.446. The second-order valence-electron chi connectivity index (χ2n) is 7.07. The minimum absolute atomic E-state index is 0.00503. The third-order valence-electron chi connectivity index (χ3n) is 4.87. The van der Waals surface area contributed by atoms with Crippen LogP contribution in [0.5, 0.6) is 5.75 Å². The molecule has 1 aliphatic heterocycles. The SMILES string of the molecule is CCCOc1cccc(C(=O)NC(CCC)C(=O)N2CCc3sccc3C2)c1. The topological polar surface area (TPSA) is 58.6 Å². The van der Waals surface area contributed by atoms with Gasteiger partial charge in [-0.2, -0.15) is 0 Å². The predicted octanol–water partition coefficient (Wildman–Crippen LogP) is 4.02. The van der Waals surface area contributed by atoms with Gasteiger partial charge in [-0.3, -0.25) is 9.59 Å². The quantitative estimate of drug-likeness (QED) is 0.728. The van der Waals surface area contributed by atoms with E-state index in [1.54, 1.807) is 29.5 Å². The van der Waals surface area contributed by atoms with E-state index in [2.05, 4.69) is 16.8 Å². The molecule has 0 radical (unpaired) electrons. The molecule has 0 saturated carbocycles. The highest BCUT2D eigenvalue weighted by Crippen LogP contribution is 2.24. The zero-order valence-corrected chi connectivity index (χ0v) is 17.4. The smallest absolute Gasteiger partial charge is 0.252 e. The standard InChI is InChI=1S/C22H28N2O3S/c1-3-6-19(22(26)24-11-9-20-17(15-24)10-13-28-20)23-21(25)16-7-5-8-18(14-16)27-12-4-2/h5,7-8,10,13-14,19H,3-4,6,9,11-12,15H2,1-2H3,(H,23,25). The molecule has 1 aliphatic rings. The Hall–Kier alpha value is -2.34. The van der Waals surface area contributed by atoms with Crippen molar-refractivity contribution >= 4 is 23.2 Å². The molecule has 0 bridgehead atoms. The lowest BCUT2D eigenvalue weighted by Gasteiger charge is -2.31. The summed E-state index contributed by atoms with van der Waals surface area (Å²) in [5.41, 5.74) is 1.74. The van der Waals surface area contributed by atoms with Crippen molar-refractivity contribution in [2.24, 2.45) is 0 Å². The fourth-order valence-electron chi connectivity index (χ4n) is 3.39. The second kappa shape index (κ2) is 9.73. The summed E-state index contributed by atoms with van der Waals surface area (Å²) in [6, 6.07) is 8.72. The third kappa shape index (κ3) is 4.93. The highest BCUT2D eigenvalue weighted by atomic mass is 32.1. The average molecular weight is 401 g/mol. The average Bonchev–Trinajstić information content (AvgIpc) is 3.19. The van der Waals surface area contributed by atoms with Crippen LogP contribution in [0.15, 0.2) is 35.7 Å². The van der Waals surface area contributed by atoms with E-state index >= 15 is 0 Å². The van der Waals surface area contributed by atoms with Crippen molar-refractivity contribution in [2.45, 2.75) is 52.1 Å². The monoisotopic (exact) mass is 400 g/mol. The van der Waals surface area contributed by atoms with Gasteiger partial charge >= 0.3 is 0 Å². The number of thiophene rings is 1. The van der Waals surface area contributed by atoms with E-state index in [4.69, 9.17) is 4.74 Å². The van der Waals surface area contributed by atoms with E-state index < -0.39 is 6.04 Å². The van der Waals surface area contributed by atoms with Gasteiger partial charge in [-0.15, -0.1) is 11.3 Å². The molecule has 1 aromatic carbocycles. The van der Waals surface area contributed by atoms with Gasteiger partial charge in [0.1, 0.15) is 11.8 Å². The van der Waals surface area contributed by atoms with E-state index in [0.717, 1.165) is 19.3 Å². The predicted molar refractivity (Wildman–Crippen MR) is 112 cm³/mol. The van der Waals surface area contributed by atoms with Crippen LogP contribution in [0.2, 0.25) is 0 Å². The Labute approximate surface area is 170 Å². The molecule has 6 heteroatoms.